The average molecular weight is 264 g/mol. The molecule has 0 radical (unpaired) electrons. The molecule has 19 heavy (non-hydrogen) atoms. The Balaban J connectivity index is 2.77. The third-order valence-corrected chi connectivity index (χ3v) is 3.51. The van der Waals surface area contributed by atoms with Crippen molar-refractivity contribution in [1.82, 2.24) is 9.97 Å². The van der Waals surface area contributed by atoms with Crippen molar-refractivity contribution in [3.05, 3.63) is 11.9 Å². The van der Waals surface area contributed by atoms with Crippen LogP contribution in [-0.4, -0.2) is 16.5 Å². The Bertz CT molecular complexity index is 391. The number of nitrogens with zero attached hydrogens (tertiary/aromatic N) is 2. The summed E-state index contributed by atoms with van der Waals surface area (Å²) in [6.45, 7) is 14.1. The van der Waals surface area contributed by atoms with E-state index in [0.717, 1.165) is 18.2 Å². The third-order valence-electron chi connectivity index (χ3n) is 3.51. The molecule has 0 aliphatic rings. The highest BCUT2D eigenvalue weighted by molar-refractivity contribution is 5.44. The van der Waals surface area contributed by atoms with Crippen LogP contribution >= 0.6 is 0 Å². The molecule has 4 nitrogen and oxygen atoms in total. The molecule has 0 bridgehead atoms. The first kappa shape index (κ1) is 15.7. The molecule has 0 aliphatic heterocycles. The predicted molar refractivity (Wildman–Crippen MR) is 82.2 cm³/mol. The van der Waals surface area contributed by atoms with E-state index in [9.17, 15) is 0 Å². The van der Waals surface area contributed by atoms with Gasteiger partial charge in [-0.25, -0.2) is 9.97 Å². The van der Waals surface area contributed by atoms with Crippen LogP contribution in [0.4, 0.5) is 11.6 Å². The van der Waals surface area contributed by atoms with Gasteiger partial charge in [-0.3, -0.25) is 0 Å². The van der Waals surface area contributed by atoms with Gasteiger partial charge in [-0.2, -0.15) is 0 Å². The minimum Gasteiger partial charge on any atom is -0.384 e. The van der Waals surface area contributed by atoms with Gasteiger partial charge in [0.2, 0.25) is 0 Å². The Hall–Kier alpha value is -1.32. The van der Waals surface area contributed by atoms with Crippen molar-refractivity contribution in [3.8, 4) is 0 Å². The Morgan fingerprint density at radius 2 is 1.63 bits per heavy atom. The number of nitrogen functional groups attached to an aromatic ring is 1. The van der Waals surface area contributed by atoms with Gasteiger partial charge in [0, 0.05) is 18.5 Å². The van der Waals surface area contributed by atoms with E-state index in [1.54, 1.807) is 0 Å². The maximum Gasteiger partial charge on any atom is 0.135 e. The highest BCUT2D eigenvalue weighted by atomic mass is 15.1. The van der Waals surface area contributed by atoms with E-state index < -0.39 is 0 Å². The minimum absolute atomic E-state index is 0.287. The van der Waals surface area contributed by atoms with Gasteiger partial charge in [0.25, 0.3) is 0 Å². The summed E-state index contributed by atoms with van der Waals surface area (Å²) in [6, 6.07) is 1.81. The Morgan fingerprint density at radius 3 is 2.11 bits per heavy atom. The molecule has 1 rings (SSSR count). The molecule has 0 unspecified atom stereocenters. The molecule has 0 aliphatic carbocycles. The van der Waals surface area contributed by atoms with Gasteiger partial charge in [-0.15, -0.1) is 0 Å². The van der Waals surface area contributed by atoms with E-state index in [4.69, 9.17) is 5.73 Å². The first-order chi connectivity index (χ1) is 8.81. The predicted octanol–water partition coefficient (Wildman–Crippen LogP) is 3.52. The minimum atomic E-state index is 0.287. The summed E-state index contributed by atoms with van der Waals surface area (Å²) in [7, 11) is 0. The van der Waals surface area contributed by atoms with Crippen molar-refractivity contribution in [2.45, 2.75) is 47.5 Å². The largest absolute Gasteiger partial charge is 0.384 e. The van der Waals surface area contributed by atoms with Gasteiger partial charge >= 0.3 is 0 Å². The topological polar surface area (TPSA) is 63.8 Å². The molecule has 4 heteroatoms. The van der Waals surface area contributed by atoms with Crippen LogP contribution in [0.5, 0.6) is 0 Å². The monoisotopic (exact) mass is 264 g/mol. The molecule has 0 atom stereocenters. The van der Waals surface area contributed by atoms with Crippen LogP contribution in [-0.2, 0) is 0 Å². The highest BCUT2D eigenvalue weighted by Crippen LogP contribution is 2.22. The molecule has 108 valence electrons. The van der Waals surface area contributed by atoms with E-state index in [-0.39, 0.29) is 5.92 Å². The molecule has 0 amide bonds. The lowest BCUT2D eigenvalue weighted by atomic mass is 9.85. The van der Waals surface area contributed by atoms with Gasteiger partial charge < -0.3 is 11.1 Å². The summed E-state index contributed by atoms with van der Waals surface area (Å²) in [5.74, 6) is 4.38. The van der Waals surface area contributed by atoms with E-state index >= 15 is 0 Å². The molecule has 1 aromatic rings. The molecular weight excluding hydrogens is 236 g/mol. The van der Waals surface area contributed by atoms with Crippen LogP contribution in [0.2, 0.25) is 0 Å². The van der Waals surface area contributed by atoms with Crippen LogP contribution in [0.3, 0.4) is 0 Å². The van der Waals surface area contributed by atoms with E-state index in [1.165, 1.54) is 0 Å². The van der Waals surface area contributed by atoms with Crippen molar-refractivity contribution >= 4 is 11.6 Å². The highest BCUT2D eigenvalue weighted by Gasteiger charge is 2.17. The van der Waals surface area contributed by atoms with Crippen molar-refractivity contribution in [2.24, 2.45) is 17.8 Å². The van der Waals surface area contributed by atoms with Crippen LogP contribution in [0.15, 0.2) is 6.07 Å². The summed E-state index contributed by atoms with van der Waals surface area (Å²) in [4.78, 5) is 8.78. The second-order valence-corrected chi connectivity index (χ2v) is 6.22. The van der Waals surface area contributed by atoms with E-state index in [0.29, 0.717) is 23.6 Å². The molecular formula is C15H28N4. The normalized spacial score (nSPS) is 11.9. The van der Waals surface area contributed by atoms with Crippen LogP contribution in [0.25, 0.3) is 0 Å². The fourth-order valence-electron chi connectivity index (χ4n) is 2.30. The van der Waals surface area contributed by atoms with Crippen molar-refractivity contribution in [2.75, 3.05) is 17.6 Å². The molecule has 1 aromatic heterocycles. The second kappa shape index (κ2) is 6.73. The first-order valence-corrected chi connectivity index (χ1v) is 7.19. The van der Waals surface area contributed by atoms with Gasteiger partial charge in [0.1, 0.15) is 17.5 Å². The Morgan fingerprint density at radius 1 is 1.05 bits per heavy atom. The zero-order valence-electron chi connectivity index (χ0n) is 13.1. The quantitative estimate of drug-likeness (QED) is 0.825. The van der Waals surface area contributed by atoms with Crippen LogP contribution < -0.4 is 11.1 Å². The number of nitrogens with one attached hydrogen (secondary N) is 1. The first-order valence-electron chi connectivity index (χ1n) is 7.19. The molecule has 0 saturated heterocycles. The Labute approximate surface area is 117 Å². The van der Waals surface area contributed by atoms with Crippen LogP contribution in [0, 0.1) is 17.8 Å². The SMILES string of the molecule is CC(C)c1nc(N)cc(NCC(C(C)C)C(C)C)n1. The third kappa shape index (κ3) is 4.69. The van der Waals surface area contributed by atoms with Crippen molar-refractivity contribution < 1.29 is 0 Å². The van der Waals surface area contributed by atoms with Crippen molar-refractivity contribution in [1.29, 1.82) is 0 Å². The smallest absolute Gasteiger partial charge is 0.135 e. The lowest BCUT2D eigenvalue weighted by Gasteiger charge is -2.25. The standard InChI is InChI=1S/C15H28N4/c1-9(2)12(10(3)4)8-17-14-7-13(16)18-15(19-14)11(5)6/h7,9-12H,8H2,1-6H3,(H3,16,17,18,19). The van der Waals surface area contributed by atoms with Gasteiger partial charge in [0.15, 0.2) is 0 Å². The summed E-state index contributed by atoms with van der Waals surface area (Å²) < 4.78 is 0. The maximum absolute atomic E-state index is 5.83. The second-order valence-electron chi connectivity index (χ2n) is 6.22. The van der Waals surface area contributed by atoms with Gasteiger partial charge in [-0.1, -0.05) is 41.5 Å². The maximum atomic E-state index is 5.83. The number of nitrogens with two attached hydrogens (primary N) is 1. The summed E-state index contributed by atoms with van der Waals surface area (Å²) in [5, 5.41) is 3.41. The fraction of sp³-hybridized carbons (Fsp3) is 0.733. The zero-order chi connectivity index (χ0) is 14.6. The molecule has 0 spiro atoms. The van der Waals surface area contributed by atoms with E-state index in [2.05, 4.69) is 56.8 Å². The number of hydrogen-bond acceptors (Lipinski definition) is 4. The molecule has 0 fully saturated rings. The number of rotatable bonds is 6. The van der Waals surface area contributed by atoms with Gasteiger partial charge in [0.05, 0.1) is 0 Å². The van der Waals surface area contributed by atoms with Gasteiger partial charge in [-0.05, 0) is 17.8 Å². The number of hydrogen-bond donors (Lipinski definition) is 2. The zero-order valence-corrected chi connectivity index (χ0v) is 13.1. The van der Waals surface area contributed by atoms with E-state index in [1.807, 2.05) is 6.07 Å². The Kier molecular flexibility index (Phi) is 5.58. The summed E-state index contributed by atoms with van der Waals surface area (Å²) in [6.07, 6.45) is 0. The molecule has 3 N–H and O–H groups in total. The lowest BCUT2D eigenvalue weighted by molar-refractivity contribution is 0.304. The molecule has 0 saturated carbocycles. The molecule has 0 aromatic carbocycles. The number of anilines is 2. The number of aromatic nitrogens is 2. The van der Waals surface area contributed by atoms with Crippen LogP contribution in [0.1, 0.15) is 53.3 Å². The van der Waals surface area contributed by atoms with Crippen molar-refractivity contribution in [3.63, 3.8) is 0 Å². The summed E-state index contributed by atoms with van der Waals surface area (Å²) >= 11 is 0. The average Bonchev–Trinajstić information content (AvgIpc) is 2.27. The fourth-order valence-corrected chi connectivity index (χ4v) is 2.30. The molecule has 1 heterocycles. The summed E-state index contributed by atoms with van der Waals surface area (Å²) in [5.41, 5.74) is 5.83. The lowest BCUT2D eigenvalue weighted by Crippen LogP contribution is -2.25.